The van der Waals surface area contributed by atoms with E-state index in [1.807, 2.05) is 25.1 Å². The smallest absolute Gasteiger partial charge is 0.254 e. The van der Waals surface area contributed by atoms with Crippen molar-refractivity contribution in [3.8, 4) is 0 Å². The molecular formula is C19H27ClN2O. The molecule has 23 heavy (non-hydrogen) atoms. The molecule has 0 radical (unpaired) electrons. The highest BCUT2D eigenvalue weighted by molar-refractivity contribution is 6.30. The lowest BCUT2D eigenvalue weighted by Gasteiger charge is -2.37. The van der Waals surface area contributed by atoms with Crippen molar-refractivity contribution in [2.45, 2.75) is 51.5 Å². The summed E-state index contributed by atoms with van der Waals surface area (Å²) in [6.45, 7) is 6.47. The zero-order valence-electron chi connectivity index (χ0n) is 14.1. The van der Waals surface area contributed by atoms with Crippen molar-refractivity contribution >= 4 is 17.5 Å². The number of piperidine rings is 1. The van der Waals surface area contributed by atoms with Gasteiger partial charge in [-0.1, -0.05) is 11.6 Å². The SMILES string of the molecule is Cc1cc(Cl)ccc1C(=O)N1CCCC[C@H]1CCN1CCCC1. The van der Waals surface area contributed by atoms with Crippen LogP contribution in [0.1, 0.15) is 54.4 Å². The number of likely N-dealkylation sites (tertiary alicyclic amines) is 2. The summed E-state index contributed by atoms with van der Waals surface area (Å²) in [6, 6.07) is 5.99. The molecule has 2 saturated heterocycles. The molecule has 0 aromatic heterocycles. The Morgan fingerprint density at radius 3 is 2.65 bits per heavy atom. The zero-order chi connectivity index (χ0) is 16.2. The monoisotopic (exact) mass is 334 g/mol. The molecular weight excluding hydrogens is 308 g/mol. The number of nitrogens with zero attached hydrogens (tertiary/aromatic N) is 2. The van der Waals surface area contributed by atoms with Crippen LogP contribution in [-0.4, -0.2) is 47.9 Å². The number of carbonyl (C=O) groups excluding carboxylic acids is 1. The van der Waals surface area contributed by atoms with Crippen molar-refractivity contribution in [1.82, 2.24) is 9.80 Å². The number of amides is 1. The molecule has 4 heteroatoms. The van der Waals surface area contributed by atoms with Gasteiger partial charge in [0.05, 0.1) is 0 Å². The summed E-state index contributed by atoms with van der Waals surface area (Å²) >= 11 is 6.03. The van der Waals surface area contributed by atoms with Gasteiger partial charge in [0, 0.05) is 29.7 Å². The van der Waals surface area contributed by atoms with Gasteiger partial charge in [0.2, 0.25) is 0 Å². The van der Waals surface area contributed by atoms with Gasteiger partial charge >= 0.3 is 0 Å². The summed E-state index contributed by atoms with van der Waals surface area (Å²) in [5, 5.41) is 0.697. The van der Waals surface area contributed by atoms with E-state index in [0.717, 1.165) is 43.5 Å². The highest BCUT2D eigenvalue weighted by Crippen LogP contribution is 2.25. The molecule has 2 aliphatic rings. The van der Waals surface area contributed by atoms with Gasteiger partial charge in [0.25, 0.3) is 5.91 Å². The van der Waals surface area contributed by atoms with E-state index < -0.39 is 0 Å². The van der Waals surface area contributed by atoms with E-state index in [1.54, 1.807) is 0 Å². The maximum Gasteiger partial charge on any atom is 0.254 e. The van der Waals surface area contributed by atoms with Gasteiger partial charge in [-0.15, -0.1) is 0 Å². The second-order valence-corrected chi connectivity index (χ2v) is 7.38. The van der Waals surface area contributed by atoms with Gasteiger partial charge < -0.3 is 9.80 Å². The first-order valence-corrected chi connectivity index (χ1v) is 9.32. The van der Waals surface area contributed by atoms with Crippen molar-refractivity contribution < 1.29 is 4.79 Å². The van der Waals surface area contributed by atoms with Crippen LogP contribution in [0.2, 0.25) is 5.02 Å². The van der Waals surface area contributed by atoms with Gasteiger partial charge in [-0.25, -0.2) is 0 Å². The first-order chi connectivity index (χ1) is 11.1. The molecule has 1 aromatic carbocycles. The molecule has 0 unspecified atom stereocenters. The third kappa shape index (κ3) is 4.07. The Kier molecular flexibility index (Phi) is 5.60. The predicted octanol–water partition coefficient (Wildman–Crippen LogP) is 4.13. The second-order valence-electron chi connectivity index (χ2n) is 6.94. The van der Waals surface area contributed by atoms with Gasteiger partial charge in [0.15, 0.2) is 0 Å². The third-order valence-electron chi connectivity index (χ3n) is 5.28. The van der Waals surface area contributed by atoms with Crippen LogP contribution in [-0.2, 0) is 0 Å². The number of carbonyl (C=O) groups is 1. The number of hydrogen-bond donors (Lipinski definition) is 0. The molecule has 0 aliphatic carbocycles. The van der Waals surface area contributed by atoms with Crippen molar-refractivity contribution in [3.63, 3.8) is 0 Å². The molecule has 2 heterocycles. The minimum Gasteiger partial charge on any atom is -0.336 e. The van der Waals surface area contributed by atoms with E-state index in [-0.39, 0.29) is 5.91 Å². The van der Waals surface area contributed by atoms with E-state index in [9.17, 15) is 4.79 Å². The van der Waals surface area contributed by atoms with Crippen molar-refractivity contribution in [2.75, 3.05) is 26.2 Å². The van der Waals surface area contributed by atoms with Crippen LogP contribution in [0, 0.1) is 6.92 Å². The van der Waals surface area contributed by atoms with Crippen molar-refractivity contribution in [3.05, 3.63) is 34.3 Å². The number of rotatable bonds is 4. The molecule has 0 spiro atoms. The van der Waals surface area contributed by atoms with E-state index in [0.29, 0.717) is 11.1 Å². The average Bonchev–Trinajstić information content (AvgIpc) is 3.06. The van der Waals surface area contributed by atoms with Crippen LogP contribution in [0.15, 0.2) is 18.2 Å². The molecule has 0 N–H and O–H groups in total. The van der Waals surface area contributed by atoms with Crippen LogP contribution in [0.25, 0.3) is 0 Å². The van der Waals surface area contributed by atoms with Gasteiger partial charge in [-0.2, -0.15) is 0 Å². The fourth-order valence-electron chi connectivity index (χ4n) is 3.93. The number of benzene rings is 1. The summed E-state index contributed by atoms with van der Waals surface area (Å²) in [4.78, 5) is 17.7. The molecule has 0 bridgehead atoms. The molecule has 2 aliphatic heterocycles. The van der Waals surface area contributed by atoms with Crippen LogP contribution in [0.5, 0.6) is 0 Å². The summed E-state index contributed by atoms with van der Waals surface area (Å²) in [7, 11) is 0. The van der Waals surface area contributed by atoms with E-state index >= 15 is 0 Å². The quantitative estimate of drug-likeness (QED) is 0.826. The van der Waals surface area contributed by atoms with Gasteiger partial charge in [-0.3, -0.25) is 4.79 Å². The van der Waals surface area contributed by atoms with Crippen LogP contribution in [0.4, 0.5) is 0 Å². The minimum absolute atomic E-state index is 0.185. The maximum atomic E-state index is 13.0. The van der Waals surface area contributed by atoms with Gasteiger partial charge in [-0.05, 0) is 82.3 Å². The highest BCUT2D eigenvalue weighted by atomic mass is 35.5. The normalized spacial score (nSPS) is 22.5. The first-order valence-electron chi connectivity index (χ1n) is 8.94. The predicted molar refractivity (Wildman–Crippen MR) is 95.2 cm³/mol. The van der Waals surface area contributed by atoms with Crippen molar-refractivity contribution in [2.24, 2.45) is 0 Å². The fraction of sp³-hybridized carbons (Fsp3) is 0.632. The molecule has 1 aromatic rings. The number of halogens is 1. The van der Waals surface area contributed by atoms with Gasteiger partial charge in [0.1, 0.15) is 0 Å². The summed E-state index contributed by atoms with van der Waals surface area (Å²) in [5.41, 5.74) is 1.79. The van der Waals surface area contributed by atoms with Crippen LogP contribution < -0.4 is 0 Å². The van der Waals surface area contributed by atoms with Crippen molar-refractivity contribution in [1.29, 1.82) is 0 Å². The van der Waals surface area contributed by atoms with E-state index in [1.165, 1.54) is 32.4 Å². The Morgan fingerprint density at radius 2 is 1.91 bits per heavy atom. The summed E-state index contributed by atoms with van der Waals surface area (Å²) in [5.74, 6) is 0.185. The lowest BCUT2D eigenvalue weighted by atomic mass is 9.97. The second kappa shape index (κ2) is 7.67. The lowest BCUT2D eigenvalue weighted by Crippen LogP contribution is -2.45. The number of aryl methyl sites for hydroxylation is 1. The largest absolute Gasteiger partial charge is 0.336 e. The standard InChI is InChI=1S/C19H27ClN2O/c1-15-14-16(20)7-8-18(15)19(23)22-12-3-2-6-17(22)9-13-21-10-4-5-11-21/h7-8,14,17H,2-6,9-13H2,1H3/t17-/m0/s1. The third-order valence-corrected chi connectivity index (χ3v) is 5.52. The Morgan fingerprint density at radius 1 is 1.17 bits per heavy atom. The molecule has 2 fully saturated rings. The molecule has 1 atom stereocenters. The molecule has 126 valence electrons. The first kappa shape index (κ1) is 16.8. The maximum absolute atomic E-state index is 13.0. The minimum atomic E-state index is 0.185. The Labute approximate surface area is 144 Å². The summed E-state index contributed by atoms with van der Waals surface area (Å²) in [6.07, 6.45) is 7.28. The Hall–Kier alpha value is -1.06. The molecule has 1 amide bonds. The number of hydrogen-bond acceptors (Lipinski definition) is 2. The molecule has 3 nitrogen and oxygen atoms in total. The fourth-order valence-corrected chi connectivity index (χ4v) is 4.15. The lowest BCUT2D eigenvalue weighted by molar-refractivity contribution is 0.0587. The summed E-state index contributed by atoms with van der Waals surface area (Å²) < 4.78 is 0. The van der Waals surface area contributed by atoms with Crippen LogP contribution >= 0.6 is 11.6 Å². The van der Waals surface area contributed by atoms with E-state index in [2.05, 4.69) is 9.80 Å². The average molecular weight is 335 g/mol. The Bertz CT molecular complexity index is 554. The molecule has 0 saturated carbocycles. The highest BCUT2D eigenvalue weighted by Gasteiger charge is 2.28. The zero-order valence-corrected chi connectivity index (χ0v) is 14.8. The molecule has 3 rings (SSSR count). The van der Waals surface area contributed by atoms with Crippen LogP contribution in [0.3, 0.4) is 0 Å². The Balaban J connectivity index is 1.68. The van der Waals surface area contributed by atoms with E-state index in [4.69, 9.17) is 11.6 Å². The topological polar surface area (TPSA) is 23.6 Å².